The van der Waals surface area contributed by atoms with Gasteiger partial charge in [0.05, 0.1) is 5.56 Å². The molecule has 0 bridgehead atoms. The molecule has 4 nitrogen and oxygen atoms in total. The van der Waals surface area contributed by atoms with Crippen molar-refractivity contribution in [3.63, 3.8) is 0 Å². The molecule has 0 atom stereocenters. The van der Waals surface area contributed by atoms with Crippen LogP contribution >= 0.6 is 0 Å². The number of benzene rings is 2. The minimum absolute atomic E-state index is 0.0426. The molecule has 0 aliphatic rings. The number of carboxylic acids is 1. The van der Waals surface area contributed by atoms with Crippen LogP contribution in [0.3, 0.4) is 0 Å². The highest BCUT2D eigenvalue weighted by Gasteiger charge is 2.17. The predicted octanol–water partition coefficient (Wildman–Crippen LogP) is 3.67. The summed E-state index contributed by atoms with van der Waals surface area (Å²) in [5, 5.41) is 9.26. The largest absolute Gasteiger partial charge is 0.478 e. The Balaban J connectivity index is 2.55. The summed E-state index contributed by atoms with van der Waals surface area (Å²) in [6.07, 6.45) is 0.793. The molecule has 2 rings (SSSR count). The fourth-order valence-corrected chi connectivity index (χ4v) is 2.38. The number of halogens is 1. The van der Waals surface area contributed by atoms with Gasteiger partial charge in [-0.15, -0.1) is 0 Å². The molecule has 0 saturated heterocycles. The van der Waals surface area contributed by atoms with Crippen molar-refractivity contribution >= 4 is 11.9 Å². The summed E-state index contributed by atoms with van der Waals surface area (Å²) in [6, 6.07) is 10.3. The zero-order valence-electron chi connectivity index (χ0n) is 13.0. The quantitative estimate of drug-likeness (QED) is 0.916. The number of amides is 1. The summed E-state index contributed by atoms with van der Waals surface area (Å²) >= 11 is 0. The second-order valence-corrected chi connectivity index (χ2v) is 5.31. The monoisotopic (exact) mass is 315 g/mol. The highest BCUT2D eigenvalue weighted by molar-refractivity contribution is 5.99. The molecule has 0 radical (unpaired) electrons. The van der Waals surface area contributed by atoms with Crippen molar-refractivity contribution in [2.45, 2.75) is 13.3 Å². The van der Waals surface area contributed by atoms with Gasteiger partial charge in [0, 0.05) is 24.7 Å². The smallest absolute Gasteiger partial charge is 0.335 e. The molecule has 1 amide bonds. The van der Waals surface area contributed by atoms with Gasteiger partial charge in [0.15, 0.2) is 0 Å². The van der Waals surface area contributed by atoms with Crippen LogP contribution in [-0.4, -0.2) is 35.5 Å². The lowest BCUT2D eigenvalue weighted by Crippen LogP contribution is -2.27. The van der Waals surface area contributed by atoms with Crippen LogP contribution in [0.5, 0.6) is 0 Å². The van der Waals surface area contributed by atoms with Gasteiger partial charge in [-0.1, -0.05) is 25.1 Å². The summed E-state index contributed by atoms with van der Waals surface area (Å²) in [7, 11) is 1.65. The van der Waals surface area contributed by atoms with Crippen LogP contribution in [-0.2, 0) is 0 Å². The van der Waals surface area contributed by atoms with Gasteiger partial charge in [0.2, 0.25) is 0 Å². The van der Waals surface area contributed by atoms with E-state index in [4.69, 9.17) is 0 Å². The maximum atomic E-state index is 14.0. The van der Waals surface area contributed by atoms with Crippen molar-refractivity contribution in [1.82, 2.24) is 4.90 Å². The molecular formula is C18H18FNO3. The van der Waals surface area contributed by atoms with Gasteiger partial charge < -0.3 is 10.0 Å². The maximum absolute atomic E-state index is 14.0. The summed E-state index contributed by atoms with van der Waals surface area (Å²) in [5.74, 6) is -1.90. The first-order chi connectivity index (χ1) is 10.9. The first-order valence-electron chi connectivity index (χ1n) is 7.32. The number of nitrogens with zero attached hydrogens (tertiary/aromatic N) is 1. The zero-order valence-corrected chi connectivity index (χ0v) is 13.0. The highest BCUT2D eigenvalue weighted by atomic mass is 19.1. The van der Waals surface area contributed by atoms with E-state index in [0.29, 0.717) is 12.1 Å². The molecule has 0 saturated carbocycles. The van der Waals surface area contributed by atoms with Crippen molar-refractivity contribution in [2.24, 2.45) is 0 Å². The van der Waals surface area contributed by atoms with E-state index in [0.717, 1.165) is 6.42 Å². The molecule has 0 aromatic heterocycles. The molecule has 23 heavy (non-hydrogen) atoms. The topological polar surface area (TPSA) is 57.6 Å². The lowest BCUT2D eigenvalue weighted by atomic mass is 9.98. The number of rotatable bonds is 5. The molecule has 2 aromatic carbocycles. The second-order valence-electron chi connectivity index (χ2n) is 5.31. The molecule has 5 heteroatoms. The van der Waals surface area contributed by atoms with Crippen molar-refractivity contribution in [2.75, 3.05) is 13.6 Å². The SMILES string of the molecule is CCCN(C)C(=O)c1cc(C(=O)O)cc(-c2ccccc2F)c1. The van der Waals surface area contributed by atoms with Gasteiger partial charge >= 0.3 is 5.97 Å². The van der Waals surface area contributed by atoms with Crippen LogP contribution in [0.1, 0.15) is 34.1 Å². The standard InChI is InChI=1S/C18H18FNO3/c1-3-8-20(2)17(21)13-9-12(10-14(11-13)18(22)23)15-6-4-5-7-16(15)19/h4-7,9-11H,3,8H2,1-2H3,(H,22,23). The Morgan fingerprint density at radius 3 is 2.39 bits per heavy atom. The molecule has 0 unspecified atom stereocenters. The molecule has 0 spiro atoms. The number of hydrogen-bond acceptors (Lipinski definition) is 2. The van der Waals surface area contributed by atoms with E-state index in [-0.39, 0.29) is 22.6 Å². The van der Waals surface area contributed by atoms with Crippen LogP contribution in [0.25, 0.3) is 11.1 Å². The minimum Gasteiger partial charge on any atom is -0.478 e. The molecule has 2 aromatic rings. The van der Waals surface area contributed by atoms with Gasteiger partial charge in [-0.3, -0.25) is 4.79 Å². The van der Waals surface area contributed by atoms with E-state index in [9.17, 15) is 19.1 Å². The number of carboxylic acid groups (broad SMARTS) is 1. The van der Waals surface area contributed by atoms with E-state index in [2.05, 4.69) is 0 Å². The third-order valence-electron chi connectivity index (χ3n) is 3.52. The van der Waals surface area contributed by atoms with E-state index in [1.54, 1.807) is 25.2 Å². The second kappa shape index (κ2) is 7.05. The fraction of sp³-hybridized carbons (Fsp3) is 0.222. The van der Waals surface area contributed by atoms with Crippen molar-refractivity contribution in [1.29, 1.82) is 0 Å². The Kier molecular flexibility index (Phi) is 5.11. The maximum Gasteiger partial charge on any atom is 0.335 e. The summed E-state index contributed by atoms with van der Waals surface area (Å²) in [6.45, 7) is 2.51. The Morgan fingerprint density at radius 2 is 1.78 bits per heavy atom. The molecule has 0 aliphatic heterocycles. The van der Waals surface area contributed by atoms with Crippen LogP contribution in [0.4, 0.5) is 4.39 Å². The Hall–Kier alpha value is -2.69. The first kappa shape index (κ1) is 16.7. The molecule has 1 N–H and O–H groups in total. The van der Waals surface area contributed by atoms with Gasteiger partial charge in [0.25, 0.3) is 5.91 Å². The van der Waals surface area contributed by atoms with Crippen LogP contribution in [0.2, 0.25) is 0 Å². The van der Waals surface area contributed by atoms with Gasteiger partial charge in [-0.2, -0.15) is 0 Å². The zero-order chi connectivity index (χ0) is 17.0. The van der Waals surface area contributed by atoms with E-state index >= 15 is 0 Å². The molecule has 120 valence electrons. The normalized spacial score (nSPS) is 10.4. The first-order valence-corrected chi connectivity index (χ1v) is 7.32. The van der Waals surface area contributed by atoms with Crippen molar-refractivity contribution < 1.29 is 19.1 Å². The van der Waals surface area contributed by atoms with Gasteiger partial charge in [-0.05, 0) is 36.2 Å². The van der Waals surface area contributed by atoms with E-state index in [1.807, 2.05) is 6.92 Å². The Bertz CT molecular complexity index is 743. The highest BCUT2D eigenvalue weighted by Crippen LogP contribution is 2.25. The molecular weight excluding hydrogens is 297 g/mol. The number of aromatic carboxylic acids is 1. The summed E-state index contributed by atoms with van der Waals surface area (Å²) < 4.78 is 14.0. The summed E-state index contributed by atoms with van der Waals surface area (Å²) in [4.78, 5) is 25.3. The van der Waals surface area contributed by atoms with Crippen molar-refractivity contribution in [3.8, 4) is 11.1 Å². The predicted molar refractivity (Wildman–Crippen MR) is 86.0 cm³/mol. The molecule has 0 heterocycles. The van der Waals surface area contributed by atoms with Gasteiger partial charge in [0.1, 0.15) is 5.82 Å². The Morgan fingerprint density at radius 1 is 1.13 bits per heavy atom. The number of hydrogen-bond donors (Lipinski definition) is 1. The summed E-state index contributed by atoms with van der Waals surface area (Å²) in [5.41, 5.74) is 0.831. The lowest BCUT2D eigenvalue weighted by molar-refractivity contribution is 0.0697. The van der Waals surface area contributed by atoms with Crippen LogP contribution < -0.4 is 0 Å². The van der Waals surface area contributed by atoms with Crippen LogP contribution in [0.15, 0.2) is 42.5 Å². The average molecular weight is 315 g/mol. The van der Waals surface area contributed by atoms with Gasteiger partial charge in [-0.25, -0.2) is 9.18 Å². The van der Waals surface area contributed by atoms with Crippen LogP contribution in [0, 0.1) is 5.82 Å². The molecule has 0 aliphatic carbocycles. The average Bonchev–Trinajstić information content (AvgIpc) is 2.54. The Labute approximate surface area is 134 Å². The van der Waals surface area contributed by atoms with Crippen molar-refractivity contribution in [3.05, 3.63) is 59.4 Å². The lowest BCUT2D eigenvalue weighted by Gasteiger charge is -2.17. The van der Waals surface area contributed by atoms with E-state index in [1.165, 1.54) is 29.2 Å². The third kappa shape index (κ3) is 3.74. The van der Waals surface area contributed by atoms with E-state index < -0.39 is 11.8 Å². The number of carbonyl (C=O) groups is 2. The number of carbonyl (C=O) groups excluding carboxylic acids is 1. The molecule has 0 fully saturated rings. The fourth-order valence-electron chi connectivity index (χ4n) is 2.38. The third-order valence-corrected chi connectivity index (χ3v) is 3.52. The minimum atomic E-state index is -1.16.